The minimum atomic E-state index is -0.348. The third-order valence-electron chi connectivity index (χ3n) is 5.32. The van der Waals surface area contributed by atoms with Gasteiger partial charge in [0.05, 0.1) is 18.3 Å². The van der Waals surface area contributed by atoms with E-state index < -0.39 is 0 Å². The average molecular weight is 369 g/mol. The number of halogens is 1. The summed E-state index contributed by atoms with van der Waals surface area (Å²) in [7, 11) is 2.07. The van der Waals surface area contributed by atoms with E-state index in [1.165, 1.54) is 6.07 Å². The van der Waals surface area contributed by atoms with Crippen LogP contribution < -0.4 is 15.0 Å². The Hall–Kier alpha value is -2.60. The number of anilines is 1. The van der Waals surface area contributed by atoms with Crippen LogP contribution in [0.3, 0.4) is 0 Å². The molecule has 2 aromatic rings. The van der Waals surface area contributed by atoms with Gasteiger partial charge < -0.3 is 19.9 Å². The van der Waals surface area contributed by atoms with Gasteiger partial charge in [0.2, 0.25) is 0 Å². The van der Waals surface area contributed by atoms with E-state index in [0.29, 0.717) is 24.3 Å². The average Bonchev–Trinajstić information content (AvgIpc) is 2.69. The normalized spacial score (nSPS) is 19.9. The SMILES string of the molecule is CN1CCN(c2ccc(C(=O)NC3CCOc4ccccc43)cc2F)CC1. The van der Waals surface area contributed by atoms with Crippen LogP contribution in [0.2, 0.25) is 0 Å². The maximum atomic E-state index is 14.7. The first-order valence-electron chi connectivity index (χ1n) is 9.37. The van der Waals surface area contributed by atoms with Gasteiger partial charge >= 0.3 is 0 Å². The lowest BCUT2D eigenvalue weighted by molar-refractivity contribution is 0.0924. The highest BCUT2D eigenvalue weighted by atomic mass is 19.1. The number of carbonyl (C=O) groups excluding carboxylic acids is 1. The molecule has 0 radical (unpaired) electrons. The fraction of sp³-hybridized carbons (Fsp3) is 0.381. The summed E-state index contributed by atoms with van der Waals surface area (Å²) in [5.74, 6) is 0.186. The van der Waals surface area contributed by atoms with Crippen molar-refractivity contribution < 1.29 is 13.9 Å². The molecular weight excluding hydrogens is 345 g/mol. The number of para-hydroxylation sites is 1. The second-order valence-corrected chi connectivity index (χ2v) is 7.16. The number of carbonyl (C=O) groups is 1. The minimum Gasteiger partial charge on any atom is -0.493 e. The third kappa shape index (κ3) is 3.76. The van der Waals surface area contributed by atoms with E-state index in [1.807, 2.05) is 29.2 Å². The van der Waals surface area contributed by atoms with Gasteiger partial charge in [0.15, 0.2) is 0 Å². The van der Waals surface area contributed by atoms with Gasteiger partial charge in [-0.25, -0.2) is 4.39 Å². The molecule has 2 aromatic carbocycles. The van der Waals surface area contributed by atoms with Crippen molar-refractivity contribution in [1.82, 2.24) is 10.2 Å². The van der Waals surface area contributed by atoms with Gasteiger partial charge in [0.1, 0.15) is 11.6 Å². The first-order chi connectivity index (χ1) is 13.1. The van der Waals surface area contributed by atoms with Crippen LogP contribution in [0.25, 0.3) is 0 Å². The number of nitrogens with one attached hydrogen (secondary N) is 1. The van der Waals surface area contributed by atoms with Crippen molar-refractivity contribution in [1.29, 1.82) is 0 Å². The zero-order valence-corrected chi connectivity index (χ0v) is 15.5. The van der Waals surface area contributed by atoms with Crippen LogP contribution in [0, 0.1) is 5.82 Å². The van der Waals surface area contributed by atoms with Crippen molar-refractivity contribution in [3.63, 3.8) is 0 Å². The highest BCUT2D eigenvalue weighted by Crippen LogP contribution is 2.32. The Morgan fingerprint density at radius 2 is 1.93 bits per heavy atom. The molecule has 1 N–H and O–H groups in total. The van der Waals surface area contributed by atoms with Crippen molar-refractivity contribution in [2.75, 3.05) is 44.7 Å². The van der Waals surface area contributed by atoms with Gasteiger partial charge in [-0.3, -0.25) is 4.79 Å². The van der Waals surface area contributed by atoms with Gasteiger partial charge in [-0.15, -0.1) is 0 Å². The summed E-state index contributed by atoms with van der Waals surface area (Å²) in [4.78, 5) is 16.9. The molecule has 6 heteroatoms. The highest BCUT2D eigenvalue weighted by Gasteiger charge is 2.24. The van der Waals surface area contributed by atoms with E-state index in [9.17, 15) is 9.18 Å². The molecule has 0 bridgehead atoms. The Labute approximate surface area is 158 Å². The van der Waals surface area contributed by atoms with Crippen LogP contribution in [0.5, 0.6) is 5.75 Å². The molecule has 2 heterocycles. The number of rotatable bonds is 3. The predicted octanol–water partition coefficient (Wildman–Crippen LogP) is 2.83. The largest absolute Gasteiger partial charge is 0.493 e. The topological polar surface area (TPSA) is 44.8 Å². The first-order valence-corrected chi connectivity index (χ1v) is 9.37. The number of fused-ring (bicyclic) bond motifs is 1. The zero-order chi connectivity index (χ0) is 18.8. The Morgan fingerprint density at radius 1 is 1.15 bits per heavy atom. The van der Waals surface area contributed by atoms with E-state index in [1.54, 1.807) is 12.1 Å². The number of hydrogen-bond acceptors (Lipinski definition) is 4. The summed E-state index contributed by atoms with van der Waals surface area (Å²) < 4.78 is 20.3. The molecule has 142 valence electrons. The standard InChI is InChI=1S/C21H24FN3O2/c1-24-9-11-25(12-10-24)19-7-6-15(14-17(19)22)21(26)23-18-8-13-27-20-5-3-2-4-16(18)20/h2-7,14,18H,8-13H2,1H3,(H,23,26). The summed E-state index contributed by atoms with van der Waals surface area (Å²) >= 11 is 0. The van der Waals surface area contributed by atoms with Crippen molar-refractivity contribution in [2.24, 2.45) is 0 Å². The molecule has 1 unspecified atom stereocenters. The van der Waals surface area contributed by atoms with Crippen molar-refractivity contribution in [2.45, 2.75) is 12.5 Å². The highest BCUT2D eigenvalue weighted by molar-refractivity contribution is 5.95. The zero-order valence-electron chi connectivity index (χ0n) is 15.5. The smallest absolute Gasteiger partial charge is 0.251 e. The fourth-order valence-electron chi connectivity index (χ4n) is 3.69. The molecule has 1 fully saturated rings. The van der Waals surface area contributed by atoms with Gasteiger partial charge in [-0.2, -0.15) is 0 Å². The second-order valence-electron chi connectivity index (χ2n) is 7.16. The number of amides is 1. The summed E-state index contributed by atoms with van der Waals surface area (Å²) in [6.07, 6.45) is 0.699. The maximum Gasteiger partial charge on any atom is 0.251 e. The number of ether oxygens (including phenoxy) is 1. The lowest BCUT2D eigenvalue weighted by atomic mass is 10.00. The lowest BCUT2D eigenvalue weighted by Crippen LogP contribution is -2.44. The van der Waals surface area contributed by atoms with E-state index in [0.717, 1.165) is 37.5 Å². The first kappa shape index (κ1) is 17.8. The van der Waals surface area contributed by atoms with E-state index in [4.69, 9.17) is 4.74 Å². The Morgan fingerprint density at radius 3 is 2.70 bits per heavy atom. The van der Waals surface area contributed by atoms with E-state index in [2.05, 4.69) is 17.3 Å². The fourth-order valence-corrected chi connectivity index (χ4v) is 3.69. The van der Waals surface area contributed by atoms with Crippen molar-refractivity contribution >= 4 is 11.6 Å². The number of piperazine rings is 1. The third-order valence-corrected chi connectivity index (χ3v) is 5.32. The molecule has 5 nitrogen and oxygen atoms in total. The monoisotopic (exact) mass is 369 g/mol. The van der Waals surface area contributed by atoms with Crippen molar-refractivity contribution in [3.8, 4) is 5.75 Å². The molecule has 1 amide bonds. The number of benzene rings is 2. The molecular formula is C21H24FN3O2. The number of nitrogens with zero attached hydrogens (tertiary/aromatic N) is 2. The van der Waals surface area contributed by atoms with Gasteiger partial charge in [-0.1, -0.05) is 18.2 Å². The molecule has 0 aromatic heterocycles. The second kappa shape index (κ2) is 7.56. The molecule has 0 spiro atoms. The van der Waals surface area contributed by atoms with Gasteiger partial charge in [0.25, 0.3) is 5.91 Å². The van der Waals surface area contributed by atoms with Crippen molar-refractivity contribution in [3.05, 3.63) is 59.4 Å². The molecule has 1 atom stereocenters. The molecule has 4 rings (SSSR count). The minimum absolute atomic E-state index is 0.122. The Balaban J connectivity index is 1.48. The van der Waals surface area contributed by atoms with E-state index >= 15 is 0 Å². The van der Waals surface area contributed by atoms with Crippen LogP contribution in [-0.2, 0) is 0 Å². The molecule has 2 aliphatic heterocycles. The van der Waals surface area contributed by atoms with Gasteiger partial charge in [0, 0.05) is 43.7 Å². The Kier molecular flexibility index (Phi) is 4.99. The van der Waals surface area contributed by atoms with Crippen LogP contribution in [0.15, 0.2) is 42.5 Å². The predicted molar refractivity (Wildman–Crippen MR) is 103 cm³/mol. The Bertz CT molecular complexity index is 834. The number of likely N-dealkylation sites (N-methyl/N-ethyl adjacent to an activating group) is 1. The molecule has 0 aliphatic carbocycles. The summed E-state index contributed by atoms with van der Waals surface area (Å²) in [6.45, 7) is 3.95. The summed E-state index contributed by atoms with van der Waals surface area (Å²) in [5, 5.41) is 3.02. The molecule has 0 saturated carbocycles. The van der Waals surface area contributed by atoms with Crippen LogP contribution >= 0.6 is 0 Å². The van der Waals surface area contributed by atoms with Crippen LogP contribution in [0.1, 0.15) is 28.4 Å². The van der Waals surface area contributed by atoms with Crippen LogP contribution in [-0.4, -0.2) is 50.6 Å². The molecule has 27 heavy (non-hydrogen) atoms. The quantitative estimate of drug-likeness (QED) is 0.904. The maximum absolute atomic E-state index is 14.7. The molecule has 2 aliphatic rings. The summed E-state index contributed by atoms with van der Waals surface area (Å²) in [6, 6.07) is 12.3. The molecule has 1 saturated heterocycles. The summed E-state index contributed by atoms with van der Waals surface area (Å²) in [5.41, 5.74) is 1.87. The van der Waals surface area contributed by atoms with E-state index in [-0.39, 0.29) is 17.8 Å². The van der Waals surface area contributed by atoms with Gasteiger partial charge in [-0.05, 0) is 31.3 Å². The number of hydrogen-bond donors (Lipinski definition) is 1. The lowest BCUT2D eigenvalue weighted by Gasteiger charge is -2.34. The van der Waals surface area contributed by atoms with Crippen LogP contribution in [0.4, 0.5) is 10.1 Å².